The van der Waals surface area contributed by atoms with Crippen molar-refractivity contribution in [2.75, 3.05) is 6.61 Å². The van der Waals surface area contributed by atoms with Gasteiger partial charge in [0.1, 0.15) is 35.9 Å². The van der Waals surface area contributed by atoms with E-state index in [0.717, 1.165) is 22.3 Å². The molecular formula is C47H48O9S. The van der Waals surface area contributed by atoms with Crippen molar-refractivity contribution in [3.8, 4) is 11.5 Å². The van der Waals surface area contributed by atoms with Crippen LogP contribution in [0.5, 0.6) is 11.5 Å². The molecule has 5 aromatic carbocycles. The van der Waals surface area contributed by atoms with Crippen molar-refractivity contribution in [2.45, 2.75) is 89.4 Å². The van der Waals surface area contributed by atoms with Gasteiger partial charge in [-0.1, -0.05) is 115 Å². The second-order valence-electron chi connectivity index (χ2n) is 14.7. The van der Waals surface area contributed by atoms with E-state index in [2.05, 4.69) is 0 Å². The number of hydrogen-bond acceptors (Lipinski definition) is 10. The molecule has 1 fully saturated rings. The number of carbonyl (C=O) groups excluding carboxylic acids is 2. The average molecular weight is 789 g/mol. The highest BCUT2D eigenvalue weighted by Crippen LogP contribution is 2.44. The lowest BCUT2D eigenvalue weighted by Gasteiger charge is -2.47. The third-order valence-electron chi connectivity index (χ3n) is 10.3. The van der Waals surface area contributed by atoms with Crippen molar-refractivity contribution in [2.24, 2.45) is 0 Å². The van der Waals surface area contributed by atoms with E-state index in [0.29, 0.717) is 35.3 Å². The van der Waals surface area contributed by atoms with E-state index in [1.54, 1.807) is 12.1 Å². The van der Waals surface area contributed by atoms with Crippen LogP contribution in [0.1, 0.15) is 59.8 Å². The van der Waals surface area contributed by atoms with Crippen LogP contribution in [0, 0.1) is 0 Å². The minimum Gasteiger partial charge on any atom is -0.507 e. The molecule has 296 valence electrons. The summed E-state index contributed by atoms with van der Waals surface area (Å²) in [6.45, 7) is 6.25. The molecule has 0 amide bonds. The van der Waals surface area contributed by atoms with Crippen molar-refractivity contribution in [3.63, 3.8) is 0 Å². The van der Waals surface area contributed by atoms with E-state index in [1.807, 2.05) is 111 Å². The van der Waals surface area contributed by atoms with Crippen LogP contribution in [0.3, 0.4) is 0 Å². The molecule has 2 aliphatic rings. The Morgan fingerprint density at radius 1 is 0.772 bits per heavy atom. The second-order valence-corrected chi connectivity index (χ2v) is 15.9. The maximum absolute atomic E-state index is 14.4. The van der Waals surface area contributed by atoms with Gasteiger partial charge in [0.25, 0.3) is 0 Å². The van der Waals surface area contributed by atoms with Crippen molar-refractivity contribution in [1.29, 1.82) is 0 Å². The zero-order valence-corrected chi connectivity index (χ0v) is 33.2. The number of ether oxygens (including phenoxy) is 5. The number of phenolic OH excluding ortho intramolecular Hbond substituents is 2. The predicted molar refractivity (Wildman–Crippen MR) is 220 cm³/mol. The van der Waals surface area contributed by atoms with Gasteiger partial charge in [0, 0.05) is 4.91 Å². The molecule has 10 heteroatoms. The number of thioether (sulfide) groups is 1. The van der Waals surface area contributed by atoms with Crippen molar-refractivity contribution in [3.05, 3.63) is 154 Å². The summed E-state index contributed by atoms with van der Waals surface area (Å²) < 4.78 is 33.6. The lowest BCUT2D eigenvalue weighted by Crippen LogP contribution is -2.61. The Morgan fingerprint density at radius 2 is 1.37 bits per heavy atom. The molecule has 0 radical (unpaired) electrons. The fourth-order valence-electron chi connectivity index (χ4n) is 7.54. The van der Waals surface area contributed by atoms with Crippen molar-refractivity contribution in [1.82, 2.24) is 0 Å². The maximum Gasteiger partial charge on any atom is 0.195 e. The fourth-order valence-corrected chi connectivity index (χ4v) is 8.82. The molecule has 1 aliphatic carbocycles. The molecule has 1 aliphatic heterocycles. The minimum absolute atomic E-state index is 0.116. The van der Waals surface area contributed by atoms with E-state index in [-0.39, 0.29) is 48.1 Å². The molecule has 5 aromatic rings. The first-order valence-electron chi connectivity index (χ1n) is 19.3. The van der Waals surface area contributed by atoms with E-state index in [1.165, 1.54) is 24.8 Å². The highest BCUT2D eigenvalue weighted by atomic mass is 32.2. The molecule has 0 spiro atoms. The Morgan fingerprint density at radius 3 is 1.96 bits per heavy atom. The summed E-state index contributed by atoms with van der Waals surface area (Å²) in [5.41, 5.74) is 4.53. The summed E-state index contributed by atoms with van der Waals surface area (Å²) in [7, 11) is 0. The molecule has 1 heterocycles. The van der Waals surface area contributed by atoms with Crippen molar-refractivity contribution < 1.29 is 43.5 Å². The number of benzene rings is 5. The number of Topliss-reactive ketones (excluding diaryl/α,β-unsaturated/α-hetero) is 2. The van der Waals surface area contributed by atoms with E-state index in [4.69, 9.17) is 23.7 Å². The molecule has 0 saturated carbocycles. The first-order valence-corrected chi connectivity index (χ1v) is 20.1. The van der Waals surface area contributed by atoms with Gasteiger partial charge in [-0.2, -0.15) is 0 Å². The number of rotatable bonds is 15. The number of hydrogen-bond donors (Lipinski definition) is 2. The Kier molecular flexibility index (Phi) is 13.2. The molecule has 1 saturated heterocycles. The number of carbonyl (C=O) groups is 2. The molecule has 9 nitrogen and oxygen atoms in total. The van der Waals surface area contributed by atoms with Gasteiger partial charge in [-0.3, -0.25) is 9.59 Å². The Bertz CT molecular complexity index is 2190. The largest absolute Gasteiger partial charge is 0.507 e. The molecule has 7 rings (SSSR count). The van der Waals surface area contributed by atoms with E-state index < -0.39 is 41.7 Å². The zero-order valence-electron chi connectivity index (χ0n) is 32.3. The van der Waals surface area contributed by atoms with Crippen LogP contribution in [-0.4, -0.2) is 64.3 Å². The number of phenols is 2. The van der Waals surface area contributed by atoms with Gasteiger partial charge in [-0.15, -0.1) is 11.8 Å². The summed E-state index contributed by atoms with van der Waals surface area (Å²) >= 11 is 1.30. The number of allylic oxidation sites excluding steroid dienone is 2. The zero-order chi connectivity index (χ0) is 39.9. The van der Waals surface area contributed by atoms with Gasteiger partial charge >= 0.3 is 0 Å². The number of fused-ring (bicyclic) bond motifs is 2. The van der Waals surface area contributed by atoms with Crippen molar-refractivity contribution >= 4 is 34.1 Å². The summed E-state index contributed by atoms with van der Waals surface area (Å²) in [6, 6.07) is 36.3. The first-order chi connectivity index (χ1) is 27.7. The summed E-state index contributed by atoms with van der Waals surface area (Å²) in [5.74, 6) is -0.924. The summed E-state index contributed by atoms with van der Waals surface area (Å²) in [4.78, 5) is 28.1. The Hall–Kier alpha value is -4.81. The number of aryl methyl sites for hydroxylation is 1. The highest BCUT2D eigenvalue weighted by Gasteiger charge is 2.51. The third-order valence-corrected chi connectivity index (χ3v) is 12.0. The average Bonchev–Trinajstić information content (AvgIpc) is 3.21. The number of aromatic hydroxyl groups is 2. The lowest BCUT2D eigenvalue weighted by molar-refractivity contribution is -0.280. The molecule has 1 unspecified atom stereocenters. The lowest BCUT2D eigenvalue weighted by atomic mass is 9.85. The standard InChI is InChI=1S/C47H48O9S/c1-29(2)45(30(3)48)57-46-44(54-27-33-18-11-6-12-19-33)43(53-26-32-16-9-5-10-17-32)38(28-52-25-31-14-7-4-8-15-31)56-47(46)55-37-23-22-35-24-34-20-13-21-36(49)39(34)42(51)40(35)41(37)50/h4-21,24,37-38,43-44,46-47,49,51H,22-23,25-28H2,1-3H3/t37?,38-,43-,44+,46-,47+/m1/s1. The Balaban J connectivity index is 1.27. The predicted octanol–water partition coefficient (Wildman–Crippen LogP) is 8.86. The van der Waals surface area contributed by atoms with Crippen LogP contribution in [0.15, 0.2) is 126 Å². The SMILES string of the molecule is CC(=O)C(S[C@H]1[C@@H](OC2CCc3cc4cccc(O)c4c(O)c3C2=O)O[C@H](COCc2ccccc2)[C@@H](OCc2ccccc2)[C@@H]1OCc1ccccc1)=C(C)C. The first kappa shape index (κ1) is 40.4. The molecule has 57 heavy (non-hydrogen) atoms. The van der Waals surface area contributed by atoms with Crippen LogP contribution in [0.25, 0.3) is 10.8 Å². The van der Waals surface area contributed by atoms with Gasteiger partial charge in [0.05, 0.1) is 42.6 Å². The highest BCUT2D eigenvalue weighted by molar-refractivity contribution is 8.04. The van der Waals surface area contributed by atoms with Crippen LogP contribution < -0.4 is 0 Å². The normalized spacial score (nSPS) is 21.9. The smallest absolute Gasteiger partial charge is 0.195 e. The Labute approximate surface area is 337 Å². The summed E-state index contributed by atoms with van der Waals surface area (Å²) in [6.07, 6.45) is -3.41. The van der Waals surface area contributed by atoms with Gasteiger partial charge < -0.3 is 33.9 Å². The molecule has 6 atom stereocenters. The maximum atomic E-state index is 14.4. The van der Waals surface area contributed by atoms with Crippen LogP contribution in [0.4, 0.5) is 0 Å². The van der Waals surface area contributed by atoms with Gasteiger partial charge in [-0.05, 0) is 67.3 Å². The number of ketones is 2. The van der Waals surface area contributed by atoms with Gasteiger partial charge in [0.15, 0.2) is 17.9 Å². The molecule has 0 bridgehead atoms. The van der Waals surface area contributed by atoms with Crippen LogP contribution >= 0.6 is 11.8 Å². The van der Waals surface area contributed by atoms with E-state index in [9.17, 15) is 19.8 Å². The third kappa shape index (κ3) is 9.50. The fraction of sp³-hybridized carbons (Fsp3) is 0.319. The van der Waals surface area contributed by atoms with Gasteiger partial charge in [-0.25, -0.2) is 0 Å². The quantitative estimate of drug-likeness (QED) is 0.0996. The topological polar surface area (TPSA) is 121 Å². The monoisotopic (exact) mass is 788 g/mol. The second kappa shape index (κ2) is 18.6. The van der Waals surface area contributed by atoms with Crippen LogP contribution in [-0.2, 0) is 54.7 Å². The minimum atomic E-state index is -1.07. The molecular weight excluding hydrogens is 741 g/mol. The van der Waals surface area contributed by atoms with E-state index >= 15 is 0 Å². The van der Waals surface area contributed by atoms with Gasteiger partial charge in [0.2, 0.25) is 0 Å². The molecule has 2 N–H and O–H groups in total. The van der Waals surface area contributed by atoms with Crippen LogP contribution in [0.2, 0.25) is 0 Å². The molecule has 0 aromatic heterocycles. The summed E-state index contributed by atoms with van der Waals surface area (Å²) in [5, 5.41) is 22.3.